The van der Waals surface area contributed by atoms with Crippen LogP contribution in [0.3, 0.4) is 0 Å². The first-order chi connectivity index (χ1) is 8.08. The first-order valence-corrected chi connectivity index (χ1v) is 13.7. The number of hydrogen-bond acceptors (Lipinski definition) is 2. The number of allylic oxidation sites excluding steroid dienone is 3. The molecule has 0 aromatic carbocycles. The molecule has 104 valence electrons. The quantitative estimate of drug-likeness (QED) is 0.532. The van der Waals surface area contributed by atoms with E-state index < -0.39 is 16.6 Å². The SMILES string of the molecule is CC(O[Si](C)(C)C)=C1CCCC=C1O[Si](C)(C)C. The van der Waals surface area contributed by atoms with Crippen molar-refractivity contribution in [3.63, 3.8) is 0 Å². The zero-order valence-electron chi connectivity index (χ0n) is 13.0. The van der Waals surface area contributed by atoms with Crippen molar-refractivity contribution in [1.82, 2.24) is 0 Å². The summed E-state index contributed by atoms with van der Waals surface area (Å²) in [5.41, 5.74) is 1.30. The topological polar surface area (TPSA) is 18.5 Å². The first-order valence-electron chi connectivity index (χ1n) is 6.87. The Labute approximate surface area is 114 Å². The van der Waals surface area contributed by atoms with Crippen LogP contribution in [0, 0.1) is 0 Å². The lowest BCUT2D eigenvalue weighted by atomic mass is 9.99. The normalized spacial score (nSPS) is 20.3. The Morgan fingerprint density at radius 1 is 1.06 bits per heavy atom. The molecular formula is C14H28O2Si2. The molecule has 1 aliphatic carbocycles. The van der Waals surface area contributed by atoms with Crippen LogP contribution < -0.4 is 0 Å². The average Bonchev–Trinajstić information content (AvgIpc) is 2.12. The largest absolute Gasteiger partial charge is 0.547 e. The van der Waals surface area contributed by atoms with Gasteiger partial charge in [0.1, 0.15) is 5.76 Å². The molecule has 0 atom stereocenters. The fourth-order valence-corrected chi connectivity index (χ4v) is 3.97. The Morgan fingerprint density at radius 2 is 1.67 bits per heavy atom. The summed E-state index contributed by atoms with van der Waals surface area (Å²) in [7, 11) is -3.06. The van der Waals surface area contributed by atoms with Gasteiger partial charge < -0.3 is 8.85 Å². The van der Waals surface area contributed by atoms with Crippen molar-refractivity contribution in [3.8, 4) is 0 Å². The van der Waals surface area contributed by atoms with E-state index in [1.807, 2.05) is 0 Å². The Bertz CT molecular complexity index is 357. The minimum absolute atomic E-state index is 1.08. The summed E-state index contributed by atoms with van der Waals surface area (Å²) >= 11 is 0. The number of hydrogen-bond donors (Lipinski definition) is 0. The van der Waals surface area contributed by atoms with E-state index in [9.17, 15) is 0 Å². The van der Waals surface area contributed by atoms with E-state index in [0.717, 1.165) is 24.4 Å². The molecule has 1 aliphatic rings. The van der Waals surface area contributed by atoms with E-state index in [2.05, 4.69) is 52.3 Å². The molecule has 0 aromatic rings. The summed E-state index contributed by atoms with van der Waals surface area (Å²) in [6.07, 6.45) is 5.67. The molecule has 4 heteroatoms. The Morgan fingerprint density at radius 3 is 2.17 bits per heavy atom. The van der Waals surface area contributed by atoms with Crippen LogP contribution in [-0.2, 0) is 8.85 Å². The molecule has 18 heavy (non-hydrogen) atoms. The van der Waals surface area contributed by atoms with Crippen LogP contribution in [-0.4, -0.2) is 16.6 Å². The van der Waals surface area contributed by atoms with Gasteiger partial charge in [-0.15, -0.1) is 0 Å². The van der Waals surface area contributed by atoms with Crippen LogP contribution in [0.5, 0.6) is 0 Å². The second kappa shape index (κ2) is 5.65. The first kappa shape index (κ1) is 15.6. The van der Waals surface area contributed by atoms with E-state index in [4.69, 9.17) is 8.85 Å². The fraction of sp³-hybridized carbons (Fsp3) is 0.714. The van der Waals surface area contributed by atoms with Crippen molar-refractivity contribution >= 4 is 16.6 Å². The summed E-state index contributed by atoms with van der Waals surface area (Å²) < 4.78 is 12.3. The molecule has 0 saturated heterocycles. The predicted octanol–water partition coefficient (Wildman–Crippen LogP) is 5.03. The van der Waals surface area contributed by atoms with Gasteiger partial charge in [0.25, 0.3) is 0 Å². The highest BCUT2D eigenvalue weighted by Gasteiger charge is 2.25. The van der Waals surface area contributed by atoms with E-state index >= 15 is 0 Å². The molecule has 0 aliphatic heterocycles. The van der Waals surface area contributed by atoms with Crippen molar-refractivity contribution in [2.45, 2.75) is 65.5 Å². The second-order valence-electron chi connectivity index (χ2n) is 6.92. The summed E-state index contributed by atoms with van der Waals surface area (Å²) in [5, 5.41) is 0. The monoisotopic (exact) mass is 284 g/mol. The lowest BCUT2D eigenvalue weighted by Gasteiger charge is -2.29. The Balaban J connectivity index is 2.94. The maximum Gasteiger partial charge on any atom is 0.242 e. The third-order valence-corrected chi connectivity index (χ3v) is 4.31. The Hall–Kier alpha value is -0.486. The summed E-state index contributed by atoms with van der Waals surface area (Å²) in [6.45, 7) is 15.5. The summed E-state index contributed by atoms with van der Waals surface area (Å²) in [6, 6.07) is 0. The standard InChI is InChI=1S/C14H28O2Si2/c1-12(15-17(2,3)4)13-10-8-9-11-14(13)16-18(5,6)7/h11H,8-10H2,1-7H3. The smallest absolute Gasteiger partial charge is 0.242 e. The van der Waals surface area contributed by atoms with Crippen LogP contribution in [0.2, 0.25) is 39.3 Å². The van der Waals surface area contributed by atoms with Gasteiger partial charge in [-0.2, -0.15) is 0 Å². The van der Waals surface area contributed by atoms with Gasteiger partial charge in [0.05, 0.1) is 5.76 Å². The lowest BCUT2D eigenvalue weighted by molar-refractivity contribution is 0.380. The van der Waals surface area contributed by atoms with Gasteiger partial charge in [0.2, 0.25) is 16.6 Å². The van der Waals surface area contributed by atoms with Crippen LogP contribution >= 0.6 is 0 Å². The van der Waals surface area contributed by atoms with Crippen LogP contribution in [0.15, 0.2) is 23.2 Å². The highest BCUT2D eigenvalue weighted by molar-refractivity contribution is 6.70. The highest BCUT2D eigenvalue weighted by atomic mass is 28.4. The number of rotatable bonds is 4. The van der Waals surface area contributed by atoms with Gasteiger partial charge in [0.15, 0.2) is 0 Å². The van der Waals surface area contributed by atoms with Crippen molar-refractivity contribution in [1.29, 1.82) is 0 Å². The maximum absolute atomic E-state index is 6.20. The van der Waals surface area contributed by atoms with Gasteiger partial charge in [-0.3, -0.25) is 0 Å². The fourth-order valence-electron chi connectivity index (χ4n) is 2.06. The van der Waals surface area contributed by atoms with E-state index in [1.54, 1.807) is 0 Å². The highest BCUT2D eigenvalue weighted by Crippen LogP contribution is 2.31. The molecule has 0 radical (unpaired) electrons. The Kier molecular flexibility index (Phi) is 4.89. The molecule has 0 saturated carbocycles. The van der Waals surface area contributed by atoms with E-state index in [0.29, 0.717) is 0 Å². The molecule has 0 fully saturated rings. The molecule has 1 rings (SSSR count). The molecule has 0 unspecified atom stereocenters. The van der Waals surface area contributed by atoms with Gasteiger partial charge in [-0.25, -0.2) is 0 Å². The molecular weight excluding hydrogens is 256 g/mol. The van der Waals surface area contributed by atoms with Gasteiger partial charge >= 0.3 is 0 Å². The maximum atomic E-state index is 6.20. The van der Waals surface area contributed by atoms with E-state index in [1.165, 1.54) is 12.0 Å². The zero-order chi connectivity index (χ0) is 14.0. The minimum atomic E-state index is -1.54. The summed E-state index contributed by atoms with van der Waals surface area (Å²) in [4.78, 5) is 0. The molecule has 0 N–H and O–H groups in total. The molecule has 0 heterocycles. The van der Waals surface area contributed by atoms with Gasteiger partial charge in [-0.05, 0) is 71.5 Å². The van der Waals surface area contributed by atoms with Crippen LogP contribution in [0.4, 0.5) is 0 Å². The third-order valence-electron chi connectivity index (χ3n) is 2.56. The van der Waals surface area contributed by atoms with Gasteiger partial charge in [0, 0.05) is 5.57 Å². The van der Waals surface area contributed by atoms with Crippen molar-refractivity contribution < 1.29 is 8.85 Å². The third kappa shape index (κ3) is 5.44. The summed E-state index contributed by atoms with van der Waals surface area (Å²) in [5.74, 6) is 2.18. The molecule has 0 bridgehead atoms. The molecule has 0 spiro atoms. The van der Waals surface area contributed by atoms with Crippen LogP contribution in [0.1, 0.15) is 26.2 Å². The molecule has 0 aromatic heterocycles. The van der Waals surface area contributed by atoms with E-state index in [-0.39, 0.29) is 0 Å². The van der Waals surface area contributed by atoms with Crippen LogP contribution in [0.25, 0.3) is 0 Å². The predicted molar refractivity (Wildman–Crippen MR) is 83.5 cm³/mol. The lowest BCUT2D eigenvalue weighted by Crippen LogP contribution is -2.28. The van der Waals surface area contributed by atoms with Crippen molar-refractivity contribution in [2.75, 3.05) is 0 Å². The average molecular weight is 285 g/mol. The molecule has 0 amide bonds. The van der Waals surface area contributed by atoms with Gasteiger partial charge in [-0.1, -0.05) is 0 Å². The minimum Gasteiger partial charge on any atom is -0.547 e. The van der Waals surface area contributed by atoms with Crippen molar-refractivity contribution in [2.24, 2.45) is 0 Å². The zero-order valence-corrected chi connectivity index (χ0v) is 15.0. The van der Waals surface area contributed by atoms with Crippen molar-refractivity contribution in [3.05, 3.63) is 23.2 Å². The second-order valence-corrected chi connectivity index (χ2v) is 15.8. The molecule has 2 nitrogen and oxygen atoms in total.